The molecule has 1 fully saturated rings. The molecule has 108 valence electrons. The molecule has 0 spiro atoms. The second-order valence-corrected chi connectivity index (χ2v) is 5.37. The van der Waals surface area contributed by atoms with Gasteiger partial charge in [-0.15, -0.1) is 0 Å². The molecule has 1 aliphatic carbocycles. The van der Waals surface area contributed by atoms with Gasteiger partial charge in [-0.2, -0.15) is 0 Å². The first-order valence-electron chi connectivity index (χ1n) is 6.98. The number of carboxylic acids is 1. The van der Waals surface area contributed by atoms with Gasteiger partial charge in [0, 0.05) is 5.69 Å². The summed E-state index contributed by atoms with van der Waals surface area (Å²) in [6.07, 6.45) is 2.35. The predicted molar refractivity (Wildman–Crippen MR) is 78.8 cm³/mol. The van der Waals surface area contributed by atoms with Crippen LogP contribution in [0.15, 0.2) is 48.5 Å². The van der Waals surface area contributed by atoms with E-state index in [0.29, 0.717) is 11.6 Å². The Morgan fingerprint density at radius 3 is 2.52 bits per heavy atom. The van der Waals surface area contributed by atoms with Gasteiger partial charge in [-0.1, -0.05) is 24.3 Å². The van der Waals surface area contributed by atoms with E-state index in [1.807, 2.05) is 18.2 Å². The highest BCUT2D eigenvalue weighted by Gasteiger charge is 2.26. The number of hydrogen-bond donors (Lipinski definition) is 2. The normalized spacial score (nSPS) is 15.5. The van der Waals surface area contributed by atoms with Gasteiger partial charge in [0.25, 0.3) is 0 Å². The van der Waals surface area contributed by atoms with E-state index in [4.69, 9.17) is 0 Å². The van der Waals surface area contributed by atoms with Crippen LogP contribution in [0, 0.1) is 5.82 Å². The van der Waals surface area contributed by atoms with E-state index < -0.39 is 12.0 Å². The summed E-state index contributed by atoms with van der Waals surface area (Å²) in [6.45, 7) is 0. The smallest absolute Gasteiger partial charge is 0.330 e. The minimum Gasteiger partial charge on any atom is -0.479 e. The molecule has 1 saturated carbocycles. The molecule has 3 nitrogen and oxygen atoms in total. The van der Waals surface area contributed by atoms with Crippen LogP contribution < -0.4 is 5.32 Å². The lowest BCUT2D eigenvalue weighted by molar-refractivity contribution is -0.138. The molecule has 1 unspecified atom stereocenters. The fraction of sp³-hybridized carbons (Fsp3) is 0.235. The highest BCUT2D eigenvalue weighted by Crippen LogP contribution is 2.40. The van der Waals surface area contributed by atoms with Crippen LogP contribution >= 0.6 is 0 Å². The second-order valence-electron chi connectivity index (χ2n) is 5.37. The van der Waals surface area contributed by atoms with Crippen molar-refractivity contribution in [3.63, 3.8) is 0 Å². The van der Waals surface area contributed by atoms with Gasteiger partial charge >= 0.3 is 5.97 Å². The maximum absolute atomic E-state index is 12.9. The van der Waals surface area contributed by atoms with Crippen molar-refractivity contribution in [2.45, 2.75) is 24.8 Å². The number of benzene rings is 2. The average molecular weight is 285 g/mol. The third kappa shape index (κ3) is 3.21. The molecule has 2 aromatic carbocycles. The molecule has 21 heavy (non-hydrogen) atoms. The standard InChI is InChI=1S/C17H16FNO2/c18-14-6-8-15(9-7-14)19-16(17(20)21)13-3-1-2-12(10-13)11-4-5-11/h1-3,6-11,16,19H,4-5H2,(H,20,21). The number of carboxylic acid groups (broad SMARTS) is 1. The number of halogens is 1. The molecule has 2 N–H and O–H groups in total. The van der Waals surface area contributed by atoms with Crippen LogP contribution in [-0.2, 0) is 4.79 Å². The second kappa shape index (κ2) is 5.56. The molecular formula is C17H16FNO2. The van der Waals surface area contributed by atoms with E-state index in [9.17, 15) is 14.3 Å². The van der Waals surface area contributed by atoms with Crippen LogP contribution in [0.3, 0.4) is 0 Å². The molecule has 0 amide bonds. The monoisotopic (exact) mass is 285 g/mol. The van der Waals surface area contributed by atoms with Crippen molar-refractivity contribution < 1.29 is 14.3 Å². The molecular weight excluding hydrogens is 269 g/mol. The van der Waals surface area contributed by atoms with Crippen LogP contribution in [0.4, 0.5) is 10.1 Å². The number of aliphatic carboxylic acids is 1. The van der Waals surface area contributed by atoms with E-state index in [2.05, 4.69) is 5.32 Å². The lowest BCUT2D eigenvalue weighted by Gasteiger charge is -2.17. The zero-order valence-electron chi connectivity index (χ0n) is 11.4. The van der Waals surface area contributed by atoms with Crippen molar-refractivity contribution in [1.82, 2.24) is 0 Å². The molecule has 1 aliphatic rings. The molecule has 0 aliphatic heterocycles. The summed E-state index contributed by atoms with van der Waals surface area (Å²) in [5.41, 5.74) is 2.50. The summed E-state index contributed by atoms with van der Waals surface area (Å²) in [5, 5.41) is 12.4. The van der Waals surface area contributed by atoms with Crippen molar-refractivity contribution in [1.29, 1.82) is 0 Å². The van der Waals surface area contributed by atoms with Gasteiger partial charge in [0.1, 0.15) is 5.82 Å². The minimum absolute atomic E-state index is 0.344. The Hall–Kier alpha value is -2.36. The zero-order valence-corrected chi connectivity index (χ0v) is 11.4. The van der Waals surface area contributed by atoms with E-state index in [1.54, 1.807) is 6.07 Å². The quantitative estimate of drug-likeness (QED) is 0.874. The number of carbonyl (C=O) groups is 1. The summed E-state index contributed by atoms with van der Waals surface area (Å²) < 4.78 is 12.9. The summed E-state index contributed by atoms with van der Waals surface area (Å²) in [4.78, 5) is 11.5. The van der Waals surface area contributed by atoms with Crippen molar-refractivity contribution in [3.05, 3.63) is 65.5 Å². The lowest BCUT2D eigenvalue weighted by atomic mass is 10.0. The molecule has 4 heteroatoms. The number of rotatable bonds is 5. The average Bonchev–Trinajstić information content (AvgIpc) is 3.31. The number of hydrogen-bond acceptors (Lipinski definition) is 2. The molecule has 0 saturated heterocycles. The molecule has 0 bridgehead atoms. The first-order chi connectivity index (χ1) is 10.1. The molecule has 3 rings (SSSR count). The first kappa shape index (κ1) is 13.6. The topological polar surface area (TPSA) is 49.3 Å². The molecule has 1 atom stereocenters. The van der Waals surface area contributed by atoms with Gasteiger partial charge in [-0.05, 0) is 54.2 Å². The van der Waals surface area contributed by atoms with Crippen molar-refractivity contribution >= 4 is 11.7 Å². The van der Waals surface area contributed by atoms with Crippen LogP contribution in [0.2, 0.25) is 0 Å². The van der Waals surface area contributed by atoms with E-state index in [1.165, 1.54) is 42.7 Å². The summed E-state index contributed by atoms with van der Waals surface area (Å²) >= 11 is 0. The highest BCUT2D eigenvalue weighted by atomic mass is 19.1. The van der Waals surface area contributed by atoms with Gasteiger partial charge in [-0.25, -0.2) is 9.18 Å². The largest absolute Gasteiger partial charge is 0.479 e. The Morgan fingerprint density at radius 2 is 1.90 bits per heavy atom. The molecule has 2 aromatic rings. The number of nitrogens with one attached hydrogen (secondary N) is 1. The summed E-state index contributed by atoms with van der Waals surface area (Å²) in [5.74, 6) is -0.722. The van der Waals surface area contributed by atoms with Gasteiger partial charge in [-0.3, -0.25) is 0 Å². The van der Waals surface area contributed by atoms with Gasteiger partial charge in [0.05, 0.1) is 0 Å². The van der Waals surface area contributed by atoms with Crippen LogP contribution in [-0.4, -0.2) is 11.1 Å². The zero-order chi connectivity index (χ0) is 14.8. The number of anilines is 1. The maximum atomic E-state index is 12.9. The Balaban J connectivity index is 1.85. The SMILES string of the molecule is O=C(O)C(Nc1ccc(F)cc1)c1cccc(C2CC2)c1. The Kier molecular flexibility index (Phi) is 3.60. The third-order valence-electron chi connectivity index (χ3n) is 3.69. The fourth-order valence-electron chi connectivity index (χ4n) is 2.41. The van der Waals surface area contributed by atoms with Gasteiger partial charge in [0.15, 0.2) is 6.04 Å². The van der Waals surface area contributed by atoms with Gasteiger partial charge in [0.2, 0.25) is 0 Å². The molecule has 0 aromatic heterocycles. The minimum atomic E-state index is -0.952. The van der Waals surface area contributed by atoms with Crippen molar-refractivity contribution in [3.8, 4) is 0 Å². The lowest BCUT2D eigenvalue weighted by Crippen LogP contribution is -2.20. The summed E-state index contributed by atoms with van der Waals surface area (Å²) in [6, 6.07) is 12.5. The fourth-order valence-corrected chi connectivity index (χ4v) is 2.41. The van der Waals surface area contributed by atoms with Gasteiger partial charge < -0.3 is 10.4 Å². The summed E-state index contributed by atoms with van der Waals surface area (Å²) in [7, 11) is 0. The van der Waals surface area contributed by atoms with Crippen molar-refractivity contribution in [2.24, 2.45) is 0 Å². The highest BCUT2D eigenvalue weighted by molar-refractivity contribution is 5.79. The van der Waals surface area contributed by atoms with E-state index in [-0.39, 0.29) is 5.82 Å². The van der Waals surface area contributed by atoms with E-state index >= 15 is 0 Å². The Morgan fingerprint density at radius 1 is 1.19 bits per heavy atom. The third-order valence-corrected chi connectivity index (χ3v) is 3.69. The Bertz CT molecular complexity index is 650. The molecule has 0 heterocycles. The van der Waals surface area contributed by atoms with E-state index in [0.717, 1.165) is 5.56 Å². The van der Waals surface area contributed by atoms with Crippen molar-refractivity contribution in [2.75, 3.05) is 5.32 Å². The van der Waals surface area contributed by atoms with Crippen LogP contribution in [0.5, 0.6) is 0 Å². The van der Waals surface area contributed by atoms with Crippen LogP contribution in [0.1, 0.15) is 35.9 Å². The maximum Gasteiger partial charge on any atom is 0.330 e. The predicted octanol–water partition coefficient (Wildman–Crippen LogP) is 3.94. The Labute approximate surface area is 122 Å². The first-order valence-corrected chi connectivity index (χ1v) is 6.98. The van der Waals surface area contributed by atoms with Crippen LogP contribution in [0.25, 0.3) is 0 Å². The molecule has 0 radical (unpaired) electrons.